The lowest BCUT2D eigenvalue weighted by Gasteiger charge is -2.13. The van der Waals surface area contributed by atoms with Crippen LogP contribution in [0.25, 0.3) is 0 Å². The van der Waals surface area contributed by atoms with Gasteiger partial charge >= 0.3 is 0 Å². The molecule has 0 saturated carbocycles. The van der Waals surface area contributed by atoms with Crippen LogP contribution in [-0.4, -0.2) is 15.5 Å². The molecule has 0 bridgehead atoms. The number of hydrogen-bond acceptors (Lipinski definition) is 3. The van der Waals surface area contributed by atoms with E-state index in [9.17, 15) is 8.42 Å². The Morgan fingerprint density at radius 1 is 1.05 bits per heavy atom. The molecule has 0 atom stereocenters. The number of halogens is 3. The lowest BCUT2D eigenvalue weighted by Crippen LogP contribution is -2.14. The second kappa shape index (κ2) is 6.54. The van der Waals surface area contributed by atoms with Crippen molar-refractivity contribution in [1.82, 2.24) is 0 Å². The number of aryl methyl sites for hydroxylation is 1. The quantitative estimate of drug-likeness (QED) is 0.831. The van der Waals surface area contributed by atoms with Crippen LogP contribution in [0.15, 0.2) is 35.2 Å². The first kappa shape index (κ1) is 17.2. The number of sulfonamides is 1. The Morgan fingerprint density at radius 2 is 1.73 bits per heavy atom. The highest BCUT2D eigenvalue weighted by molar-refractivity contribution is 7.92. The first-order valence-corrected chi connectivity index (χ1v) is 8.69. The second-order valence-corrected chi connectivity index (χ2v) is 7.30. The van der Waals surface area contributed by atoms with Gasteiger partial charge in [0.25, 0.3) is 10.0 Å². The van der Waals surface area contributed by atoms with E-state index >= 15 is 0 Å². The number of benzene rings is 2. The monoisotopic (exact) mass is 379 g/mol. The van der Waals surface area contributed by atoms with Crippen molar-refractivity contribution in [2.24, 2.45) is 0 Å². The molecule has 0 unspecified atom stereocenters. The van der Waals surface area contributed by atoms with E-state index < -0.39 is 10.0 Å². The zero-order valence-corrected chi connectivity index (χ0v) is 14.7. The van der Waals surface area contributed by atoms with Gasteiger partial charge in [0.1, 0.15) is 15.7 Å². The van der Waals surface area contributed by atoms with Crippen LogP contribution in [0.3, 0.4) is 0 Å². The van der Waals surface area contributed by atoms with Crippen LogP contribution >= 0.6 is 34.8 Å². The molecular weight excluding hydrogens is 369 g/mol. The molecule has 22 heavy (non-hydrogen) atoms. The molecule has 0 heterocycles. The van der Waals surface area contributed by atoms with Crippen LogP contribution in [0, 0.1) is 6.92 Å². The molecule has 2 rings (SSSR count). The normalized spacial score (nSPS) is 11.3. The molecule has 118 valence electrons. The molecule has 8 heteroatoms. The van der Waals surface area contributed by atoms with E-state index in [-0.39, 0.29) is 14.9 Å². The summed E-state index contributed by atoms with van der Waals surface area (Å²) in [6, 6.07) is 7.60. The van der Waals surface area contributed by atoms with Crippen LogP contribution in [0.5, 0.6) is 5.75 Å². The molecule has 0 aliphatic heterocycles. The van der Waals surface area contributed by atoms with Crippen molar-refractivity contribution in [1.29, 1.82) is 0 Å². The summed E-state index contributed by atoms with van der Waals surface area (Å²) in [6.07, 6.45) is 0. The van der Waals surface area contributed by atoms with Gasteiger partial charge in [-0.3, -0.25) is 4.72 Å². The number of rotatable bonds is 4. The van der Waals surface area contributed by atoms with Gasteiger partial charge in [-0.2, -0.15) is 0 Å². The van der Waals surface area contributed by atoms with Crippen molar-refractivity contribution in [2.45, 2.75) is 11.8 Å². The van der Waals surface area contributed by atoms with Gasteiger partial charge in [-0.1, -0.05) is 34.8 Å². The third kappa shape index (κ3) is 3.43. The van der Waals surface area contributed by atoms with Crippen molar-refractivity contribution in [3.63, 3.8) is 0 Å². The SMILES string of the molecule is COc1ccc(S(=O)(=O)Nc2ccc(Cl)cc2C)c(Cl)c1Cl. The van der Waals surface area contributed by atoms with Crippen LogP contribution in [-0.2, 0) is 10.0 Å². The van der Waals surface area contributed by atoms with Gasteiger partial charge in [-0.15, -0.1) is 0 Å². The number of ether oxygens (including phenoxy) is 1. The summed E-state index contributed by atoms with van der Waals surface area (Å²) in [7, 11) is -2.47. The Morgan fingerprint density at radius 3 is 2.32 bits per heavy atom. The number of anilines is 1. The minimum absolute atomic E-state index is 0.0415. The summed E-state index contributed by atoms with van der Waals surface area (Å²) < 4.78 is 32.4. The predicted octanol–water partition coefficient (Wildman–Crippen LogP) is 4.76. The molecule has 0 amide bonds. The highest BCUT2D eigenvalue weighted by Crippen LogP contribution is 2.37. The second-order valence-electron chi connectivity index (χ2n) is 4.46. The Hall–Kier alpha value is -1.14. The third-order valence-corrected chi connectivity index (χ3v) is 5.57. The molecular formula is C14H12Cl3NO3S. The number of methoxy groups -OCH3 is 1. The van der Waals surface area contributed by atoms with Crippen LogP contribution in [0.2, 0.25) is 15.1 Å². The molecule has 4 nitrogen and oxygen atoms in total. The van der Waals surface area contributed by atoms with Gasteiger partial charge < -0.3 is 4.74 Å². The van der Waals surface area contributed by atoms with Crippen molar-refractivity contribution in [3.8, 4) is 5.75 Å². The van der Waals surface area contributed by atoms with E-state index in [0.29, 0.717) is 22.0 Å². The fourth-order valence-electron chi connectivity index (χ4n) is 1.82. The summed E-state index contributed by atoms with van der Waals surface area (Å²) >= 11 is 17.9. The zero-order valence-electron chi connectivity index (χ0n) is 11.7. The Kier molecular flexibility index (Phi) is 5.12. The maximum atomic E-state index is 12.5. The molecule has 0 fully saturated rings. The van der Waals surface area contributed by atoms with Crippen LogP contribution in [0.4, 0.5) is 5.69 Å². The van der Waals surface area contributed by atoms with E-state index in [1.807, 2.05) is 0 Å². The van der Waals surface area contributed by atoms with Crippen molar-refractivity contribution in [3.05, 3.63) is 51.0 Å². The maximum Gasteiger partial charge on any atom is 0.263 e. The van der Waals surface area contributed by atoms with E-state index in [0.717, 1.165) is 0 Å². The van der Waals surface area contributed by atoms with Crippen molar-refractivity contribution in [2.75, 3.05) is 11.8 Å². The summed E-state index contributed by atoms with van der Waals surface area (Å²) in [6.45, 7) is 1.74. The van der Waals surface area contributed by atoms with Gasteiger partial charge in [0.15, 0.2) is 0 Å². The number of nitrogens with one attached hydrogen (secondary N) is 1. The minimum atomic E-state index is -3.89. The van der Waals surface area contributed by atoms with E-state index in [4.69, 9.17) is 39.5 Å². The maximum absolute atomic E-state index is 12.5. The molecule has 0 aliphatic rings. The Labute approximate surface area is 144 Å². The van der Waals surface area contributed by atoms with Crippen LogP contribution < -0.4 is 9.46 Å². The zero-order chi connectivity index (χ0) is 16.5. The highest BCUT2D eigenvalue weighted by atomic mass is 35.5. The number of hydrogen-bond donors (Lipinski definition) is 1. The molecule has 2 aromatic carbocycles. The van der Waals surface area contributed by atoms with Crippen molar-refractivity contribution >= 4 is 50.5 Å². The Bertz CT molecular complexity index is 822. The summed E-state index contributed by atoms with van der Waals surface area (Å²) in [5.41, 5.74) is 1.10. The molecule has 1 N–H and O–H groups in total. The topological polar surface area (TPSA) is 55.4 Å². The van der Waals surface area contributed by atoms with E-state index in [1.54, 1.807) is 25.1 Å². The van der Waals surface area contributed by atoms with Gasteiger partial charge in [0.05, 0.1) is 17.8 Å². The summed E-state index contributed by atoms with van der Waals surface area (Å²) in [5.74, 6) is 0.299. The lowest BCUT2D eigenvalue weighted by atomic mass is 10.2. The fraction of sp³-hybridized carbons (Fsp3) is 0.143. The first-order chi connectivity index (χ1) is 10.3. The average Bonchev–Trinajstić information content (AvgIpc) is 2.44. The lowest BCUT2D eigenvalue weighted by molar-refractivity contribution is 0.414. The van der Waals surface area contributed by atoms with E-state index in [2.05, 4.69) is 4.72 Å². The van der Waals surface area contributed by atoms with Gasteiger partial charge in [-0.05, 0) is 42.8 Å². The van der Waals surface area contributed by atoms with Gasteiger partial charge in [0.2, 0.25) is 0 Å². The van der Waals surface area contributed by atoms with Crippen LogP contribution in [0.1, 0.15) is 5.56 Å². The minimum Gasteiger partial charge on any atom is -0.495 e. The molecule has 0 spiro atoms. The molecule has 0 aliphatic carbocycles. The predicted molar refractivity (Wildman–Crippen MR) is 90.0 cm³/mol. The fourth-order valence-corrected chi connectivity index (χ4v) is 4.02. The van der Waals surface area contributed by atoms with Gasteiger partial charge in [-0.25, -0.2) is 8.42 Å². The smallest absolute Gasteiger partial charge is 0.263 e. The molecule has 0 aromatic heterocycles. The third-order valence-electron chi connectivity index (χ3n) is 2.95. The van der Waals surface area contributed by atoms with E-state index in [1.165, 1.54) is 19.2 Å². The first-order valence-electron chi connectivity index (χ1n) is 6.07. The standard InChI is InChI=1S/C14H12Cl3NO3S/c1-8-7-9(15)3-4-10(8)18-22(19,20)12-6-5-11(21-2)13(16)14(12)17/h3-7,18H,1-2H3. The molecule has 0 radical (unpaired) electrons. The summed E-state index contributed by atoms with van der Waals surface area (Å²) in [4.78, 5) is -0.130. The largest absolute Gasteiger partial charge is 0.495 e. The highest BCUT2D eigenvalue weighted by Gasteiger charge is 2.22. The summed E-state index contributed by atoms with van der Waals surface area (Å²) in [5, 5.41) is 0.464. The van der Waals surface area contributed by atoms with Crippen molar-refractivity contribution < 1.29 is 13.2 Å². The molecule has 0 saturated heterocycles. The average molecular weight is 381 g/mol. The van der Waals surface area contributed by atoms with Gasteiger partial charge in [0, 0.05) is 5.02 Å². The molecule has 2 aromatic rings. The Balaban J connectivity index is 2.45.